The number of nitrogens with zero attached hydrogens (tertiary/aromatic N) is 1. The van der Waals surface area contributed by atoms with Crippen molar-refractivity contribution in [1.29, 1.82) is 0 Å². The number of sulfonamides is 1. The number of rotatable bonds is 8. The summed E-state index contributed by atoms with van der Waals surface area (Å²) in [6.07, 6.45) is 7.36. The maximum Gasteiger partial charge on any atom is 0.266 e. The molecule has 2 N–H and O–H groups in total. The van der Waals surface area contributed by atoms with Gasteiger partial charge in [0, 0.05) is 13.1 Å². The first-order chi connectivity index (χ1) is 14.9. The van der Waals surface area contributed by atoms with Gasteiger partial charge in [0.1, 0.15) is 5.75 Å². The molecular formula is C23H36N2O5S. The van der Waals surface area contributed by atoms with Gasteiger partial charge in [-0.1, -0.05) is 38.3 Å². The molecule has 174 valence electrons. The molecule has 8 heteroatoms. The number of carbonyl (C=O) groups is 1. The Bertz CT molecular complexity index is 809. The number of hydrogen-bond acceptors (Lipinski definition) is 5. The highest BCUT2D eigenvalue weighted by molar-refractivity contribution is 7.91. The minimum Gasteiger partial charge on any atom is -0.494 e. The maximum absolute atomic E-state index is 13.4. The lowest BCUT2D eigenvalue weighted by molar-refractivity contribution is -0.131. The minimum atomic E-state index is -3.83. The zero-order valence-electron chi connectivity index (χ0n) is 18.5. The van der Waals surface area contributed by atoms with E-state index in [1.165, 1.54) is 9.87 Å². The van der Waals surface area contributed by atoms with Gasteiger partial charge >= 0.3 is 0 Å². The van der Waals surface area contributed by atoms with Gasteiger partial charge in [-0.05, 0) is 68.6 Å². The normalized spacial score (nSPS) is 20.7. The molecule has 1 aromatic rings. The first-order valence-electron chi connectivity index (χ1n) is 11.6. The van der Waals surface area contributed by atoms with Gasteiger partial charge in [-0.2, -0.15) is 0 Å². The molecule has 2 fully saturated rings. The number of amides is 1. The van der Waals surface area contributed by atoms with Crippen molar-refractivity contribution in [1.82, 2.24) is 9.79 Å². The molecule has 1 aliphatic carbocycles. The molecule has 0 radical (unpaired) electrons. The molecule has 1 aromatic carbocycles. The molecule has 0 bridgehead atoms. The number of carbonyl (C=O) groups excluding carboxylic acids is 1. The summed E-state index contributed by atoms with van der Waals surface area (Å²) >= 11 is 0. The average Bonchev–Trinajstić information content (AvgIpc) is 3.26. The van der Waals surface area contributed by atoms with Gasteiger partial charge in [0.25, 0.3) is 5.91 Å². The Morgan fingerprint density at radius 2 is 1.74 bits per heavy atom. The van der Waals surface area contributed by atoms with Crippen molar-refractivity contribution >= 4 is 15.9 Å². The van der Waals surface area contributed by atoms with Gasteiger partial charge in [-0.15, -0.1) is 0 Å². The van der Waals surface area contributed by atoms with Gasteiger partial charge in [0.15, 0.2) is 4.75 Å². The third kappa shape index (κ3) is 5.23. The largest absolute Gasteiger partial charge is 0.494 e. The van der Waals surface area contributed by atoms with Crippen LogP contribution in [-0.2, 0) is 14.8 Å². The molecule has 1 saturated heterocycles. The van der Waals surface area contributed by atoms with Crippen LogP contribution in [0, 0.1) is 0 Å². The predicted octanol–water partition coefficient (Wildman–Crippen LogP) is 3.97. The summed E-state index contributed by atoms with van der Waals surface area (Å²) in [5.41, 5.74) is 2.88. The lowest BCUT2D eigenvalue weighted by atomic mass is 9.89. The minimum absolute atomic E-state index is 0.271. The lowest BCUT2D eigenvalue weighted by Crippen LogP contribution is -2.56. The average molecular weight is 453 g/mol. The molecule has 0 unspecified atom stereocenters. The van der Waals surface area contributed by atoms with Crippen LogP contribution in [0.15, 0.2) is 24.3 Å². The topological polar surface area (TPSA) is 95.9 Å². The Balaban J connectivity index is 1.62. The molecule has 1 amide bonds. The third-order valence-electron chi connectivity index (χ3n) is 6.80. The molecule has 0 atom stereocenters. The number of ether oxygens (including phenoxy) is 1. The second-order valence-electron chi connectivity index (χ2n) is 8.80. The number of benzene rings is 1. The van der Waals surface area contributed by atoms with Crippen molar-refractivity contribution in [3.05, 3.63) is 29.8 Å². The fraction of sp³-hybridized carbons (Fsp3) is 0.696. The molecule has 3 rings (SSSR count). The van der Waals surface area contributed by atoms with Gasteiger partial charge in [0.2, 0.25) is 10.0 Å². The summed E-state index contributed by atoms with van der Waals surface area (Å²) in [4.78, 5) is 12.3. The Labute approximate surface area is 186 Å². The summed E-state index contributed by atoms with van der Waals surface area (Å²) in [6, 6.07) is 8.30. The quantitative estimate of drug-likeness (QED) is 0.353. The number of hydroxylamine groups is 1. The van der Waals surface area contributed by atoms with Crippen LogP contribution >= 0.6 is 0 Å². The highest BCUT2D eigenvalue weighted by Crippen LogP contribution is 2.40. The SMILES string of the molecule is CCCCOc1ccc(C2CCCN(S(=O)(=O)C3(C(=O)NO)CCCC3)CCC2)cc1. The van der Waals surface area contributed by atoms with E-state index in [-0.39, 0.29) is 12.8 Å². The molecule has 2 aliphatic rings. The van der Waals surface area contributed by atoms with Crippen LogP contribution < -0.4 is 10.2 Å². The van der Waals surface area contributed by atoms with Crippen LogP contribution in [0.1, 0.15) is 82.6 Å². The molecule has 1 heterocycles. The number of unbranched alkanes of at least 4 members (excludes halogenated alkanes) is 1. The molecular weight excluding hydrogens is 416 g/mol. The number of nitrogens with one attached hydrogen (secondary N) is 1. The lowest BCUT2D eigenvalue weighted by Gasteiger charge is -2.35. The highest BCUT2D eigenvalue weighted by Gasteiger charge is 2.54. The zero-order valence-corrected chi connectivity index (χ0v) is 19.3. The summed E-state index contributed by atoms with van der Waals surface area (Å²) in [6.45, 7) is 3.71. The van der Waals surface area contributed by atoms with Gasteiger partial charge < -0.3 is 4.74 Å². The van der Waals surface area contributed by atoms with Crippen LogP contribution in [-0.4, -0.2) is 48.3 Å². The summed E-state index contributed by atoms with van der Waals surface area (Å²) in [5, 5.41) is 9.17. The van der Waals surface area contributed by atoms with Crippen LogP contribution in [0.3, 0.4) is 0 Å². The highest BCUT2D eigenvalue weighted by atomic mass is 32.2. The van der Waals surface area contributed by atoms with E-state index in [1.807, 2.05) is 12.1 Å². The van der Waals surface area contributed by atoms with Crippen molar-refractivity contribution in [3.8, 4) is 5.75 Å². The standard InChI is InChI=1S/C23H36N2O5S/c1-2-3-18-30-21-12-10-20(11-13-21)19-8-6-16-25(17-7-9-19)31(28,29)23(22(26)24-27)14-4-5-15-23/h10-13,19,27H,2-9,14-18H2,1H3,(H,24,26). The molecule has 0 spiro atoms. The molecule has 1 aliphatic heterocycles. The van der Waals surface area contributed by atoms with Crippen molar-refractivity contribution in [2.45, 2.75) is 81.8 Å². The molecule has 31 heavy (non-hydrogen) atoms. The first-order valence-corrected chi connectivity index (χ1v) is 13.1. The van der Waals surface area contributed by atoms with E-state index in [9.17, 15) is 18.4 Å². The van der Waals surface area contributed by atoms with Crippen LogP contribution in [0.25, 0.3) is 0 Å². The van der Waals surface area contributed by atoms with Gasteiger partial charge in [-0.3, -0.25) is 10.0 Å². The van der Waals surface area contributed by atoms with Crippen molar-refractivity contribution < 1.29 is 23.2 Å². The second kappa shape index (κ2) is 10.8. The zero-order chi connectivity index (χ0) is 22.3. The molecule has 0 aromatic heterocycles. The van der Waals surface area contributed by atoms with Gasteiger partial charge in [0.05, 0.1) is 6.61 Å². The van der Waals surface area contributed by atoms with E-state index in [0.29, 0.717) is 31.8 Å². The smallest absolute Gasteiger partial charge is 0.266 e. The predicted molar refractivity (Wildman–Crippen MR) is 120 cm³/mol. The van der Waals surface area contributed by atoms with Crippen LogP contribution in [0.4, 0.5) is 0 Å². The molecule has 7 nitrogen and oxygen atoms in total. The fourth-order valence-electron chi connectivity index (χ4n) is 4.93. The summed E-state index contributed by atoms with van der Waals surface area (Å²) in [5.74, 6) is 0.506. The Morgan fingerprint density at radius 3 is 2.29 bits per heavy atom. The van der Waals surface area contributed by atoms with Crippen molar-refractivity contribution in [2.24, 2.45) is 0 Å². The van der Waals surface area contributed by atoms with Crippen molar-refractivity contribution in [2.75, 3.05) is 19.7 Å². The fourth-order valence-corrected chi connectivity index (χ4v) is 7.24. The number of hydrogen-bond donors (Lipinski definition) is 2. The van der Waals surface area contributed by atoms with E-state index in [2.05, 4.69) is 19.1 Å². The van der Waals surface area contributed by atoms with E-state index in [4.69, 9.17) is 4.74 Å². The molecule has 1 saturated carbocycles. The van der Waals surface area contributed by atoms with E-state index in [0.717, 1.165) is 50.9 Å². The monoisotopic (exact) mass is 452 g/mol. The van der Waals surface area contributed by atoms with E-state index < -0.39 is 20.7 Å². The Hall–Kier alpha value is -1.64. The third-order valence-corrected chi connectivity index (χ3v) is 9.42. The summed E-state index contributed by atoms with van der Waals surface area (Å²) < 4.78 is 32.5. The van der Waals surface area contributed by atoms with E-state index >= 15 is 0 Å². The maximum atomic E-state index is 13.4. The van der Waals surface area contributed by atoms with Crippen LogP contribution in [0.2, 0.25) is 0 Å². The van der Waals surface area contributed by atoms with E-state index in [1.54, 1.807) is 5.48 Å². The van der Waals surface area contributed by atoms with Crippen molar-refractivity contribution in [3.63, 3.8) is 0 Å². The Kier molecular flexibility index (Phi) is 8.36. The van der Waals surface area contributed by atoms with Crippen LogP contribution in [0.5, 0.6) is 5.75 Å². The van der Waals surface area contributed by atoms with Gasteiger partial charge in [-0.25, -0.2) is 18.2 Å². The summed E-state index contributed by atoms with van der Waals surface area (Å²) in [7, 11) is -3.83. The first kappa shape index (κ1) is 24.0. The second-order valence-corrected chi connectivity index (χ2v) is 11.0. The Morgan fingerprint density at radius 1 is 1.13 bits per heavy atom.